The Morgan fingerprint density at radius 3 is 2.55 bits per heavy atom. The van der Waals surface area contributed by atoms with Crippen LogP contribution in [0.25, 0.3) is 0 Å². The molecule has 8 heteroatoms. The number of amides is 1. The number of anilines is 1. The lowest BCUT2D eigenvalue weighted by molar-refractivity contribution is 0.0949. The molecule has 2 aromatic carbocycles. The maximum absolute atomic E-state index is 14.4. The number of carbonyl (C=O) groups excluding carboxylic acids is 1. The van der Waals surface area contributed by atoms with Gasteiger partial charge in [0.25, 0.3) is 5.91 Å². The van der Waals surface area contributed by atoms with E-state index in [4.69, 9.17) is 11.6 Å². The summed E-state index contributed by atoms with van der Waals surface area (Å²) in [5.41, 5.74) is 0.875. The number of phenols is 1. The van der Waals surface area contributed by atoms with Crippen LogP contribution >= 0.6 is 11.6 Å². The molecule has 1 atom stereocenters. The molecule has 1 amide bonds. The van der Waals surface area contributed by atoms with Gasteiger partial charge < -0.3 is 15.3 Å². The predicted octanol–water partition coefficient (Wildman–Crippen LogP) is 5.85. The summed E-state index contributed by atoms with van der Waals surface area (Å²) in [6, 6.07) is 14.2. The lowest BCUT2D eigenvalue weighted by Crippen LogP contribution is -2.47. The molecule has 1 aliphatic heterocycles. The number of piperazine rings is 1. The second kappa shape index (κ2) is 13.8. The normalized spacial score (nSPS) is 21.0. The second-order valence-corrected chi connectivity index (χ2v) is 11.0. The van der Waals surface area contributed by atoms with Crippen molar-refractivity contribution in [3.63, 3.8) is 0 Å². The van der Waals surface area contributed by atoms with Gasteiger partial charge in [-0.25, -0.2) is 4.39 Å². The maximum Gasteiger partial charge on any atom is 0.255 e. The van der Waals surface area contributed by atoms with E-state index in [0.29, 0.717) is 24.1 Å². The summed E-state index contributed by atoms with van der Waals surface area (Å²) in [6.07, 6.45) is 7.23. The minimum atomic E-state index is -0.327. The molecular formula is C30H38ClFN4O2. The molecule has 1 saturated carbocycles. The van der Waals surface area contributed by atoms with Crippen LogP contribution in [-0.2, 0) is 0 Å². The predicted molar refractivity (Wildman–Crippen MR) is 149 cm³/mol. The smallest absolute Gasteiger partial charge is 0.255 e. The number of hydrogen-bond acceptors (Lipinski definition) is 5. The molecule has 0 aromatic heterocycles. The molecule has 6 nitrogen and oxygen atoms in total. The minimum Gasteiger partial charge on any atom is -0.507 e. The lowest BCUT2D eigenvalue weighted by atomic mass is 9.74. The number of nitrogens with one attached hydrogen (secondary N) is 1. The first-order valence-electron chi connectivity index (χ1n) is 13.8. The summed E-state index contributed by atoms with van der Waals surface area (Å²) in [5, 5.41) is 22.6. The Labute approximate surface area is 230 Å². The largest absolute Gasteiger partial charge is 0.507 e. The first kappa shape index (κ1) is 28.2. The Kier molecular flexibility index (Phi) is 10.3. The van der Waals surface area contributed by atoms with Gasteiger partial charge in [-0.1, -0.05) is 42.6 Å². The van der Waals surface area contributed by atoms with Crippen molar-refractivity contribution < 1.29 is 14.3 Å². The van der Waals surface area contributed by atoms with Gasteiger partial charge in [-0.15, -0.1) is 0 Å². The number of nitrogens with zero attached hydrogens (tertiary/aromatic N) is 3. The van der Waals surface area contributed by atoms with Crippen LogP contribution in [-0.4, -0.2) is 55.2 Å². The van der Waals surface area contributed by atoms with Crippen LogP contribution in [0.4, 0.5) is 10.1 Å². The van der Waals surface area contributed by atoms with Gasteiger partial charge in [0.2, 0.25) is 0 Å². The molecule has 1 aliphatic carbocycles. The summed E-state index contributed by atoms with van der Waals surface area (Å²) < 4.78 is 14.4. The van der Waals surface area contributed by atoms with Crippen LogP contribution in [0, 0.1) is 34.9 Å². The van der Waals surface area contributed by atoms with Crippen LogP contribution in [0.15, 0.2) is 42.5 Å². The lowest BCUT2D eigenvalue weighted by Gasteiger charge is -2.37. The number of hydrogen-bond donors (Lipinski definition) is 2. The zero-order chi connectivity index (χ0) is 26.9. The average Bonchev–Trinajstić information content (AvgIpc) is 2.94. The standard InChI is InChI=1S/C30H38ClFN4O2/c31-26-7-3-8-27(29(26)32)36-19-17-35(18-20-36)16-14-22-10-12-23(13-11-22)24(21-33)5-4-15-34-30(38)25-6-1-2-9-28(25)37/h1-3,6-9,22-24,37H,4-5,10-20H2,(H,34,38). The first-order valence-corrected chi connectivity index (χ1v) is 14.2. The van der Waals surface area contributed by atoms with Gasteiger partial charge in [0.1, 0.15) is 5.75 Å². The number of carbonyl (C=O) groups is 1. The Bertz CT molecular complexity index is 1110. The molecule has 0 radical (unpaired) electrons. The fourth-order valence-corrected chi connectivity index (χ4v) is 6.05. The molecule has 1 heterocycles. The van der Waals surface area contributed by atoms with Crippen molar-refractivity contribution in [2.75, 3.05) is 44.2 Å². The zero-order valence-corrected chi connectivity index (χ0v) is 22.7. The van der Waals surface area contributed by atoms with E-state index in [9.17, 15) is 19.6 Å². The van der Waals surface area contributed by atoms with Crippen LogP contribution in [0.1, 0.15) is 55.3 Å². The molecule has 0 spiro atoms. The second-order valence-electron chi connectivity index (χ2n) is 10.6. The van der Waals surface area contributed by atoms with Gasteiger partial charge in [-0.05, 0) is 74.8 Å². The topological polar surface area (TPSA) is 79.6 Å². The number of aromatic hydroxyl groups is 1. The third-order valence-electron chi connectivity index (χ3n) is 8.25. The van der Waals surface area contributed by atoms with Crippen molar-refractivity contribution in [3.05, 3.63) is 58.9 Å². The van der Waals surface area contributed by atoms with Crippen molar-refractivity contribution in [2.24, 2.45) is 17.8 Å². The van der Waals surface area contributed by atoms with E-state index in [0.717, 1.165) is 58.4 Å². The molecule has 38 heavy (non-hydrogen) atoms. The molecule has 1 saturated heterocycles. The van der Waals surface area contributed by atoms with Crippen molar-refractivity contribution in [2.45, 2.75) is 44.9 Å². The molecule has 2 fully saturated rings. The van der Waals surface area contributed by atoms with Crippen molar-refractivity contribution in [1.82, 2.24) is 10.2 Å². The molecule has 204 valence electrons. The number of para-hydroxylation sites is 1. The number of phenolic OH excluding ortho intramolecular Hbond substituents is 1. The fraction of sp³-hybridized carbons (Fsp3) is 0.533. The molecule has 2 N–H and O–H groups in total. The number of nitriles is 1. The van der Waals surface area contributed by atoms with Crippen molar-refractivity contribution in [1.29, 1.82) is 5.26 Å². The zero-order valence-electron chi connectivity index (χ0n) is 21.9. The van der Waals surface area contributed by atoms with E-state index in [1.807, 2.05) is 0 Å². The third-order valence-corrected chi connectivity index (χ3v) is 8.54. The van der Waals surface area contributed by atoms with E-state index in [1.54, 1.807) is 36.4 Å². The average molecular weight is 541 g/mol. The molecule has 2 aromatic rings. The van der Waals surface area contributed by atoms with E-state index in [2.05, 4.69) is 21.2 Å². The summed E-state index contributed by atoms with van der Waals surface area (Å²) >= 11 is 5.95. The Balaban J connectivity index is 1.11. The quantitative estimate of drug-likeness (QED) is 0.369. The van der Waals surface area contributed by atoms with Crippen molar-refractivity contribution >= 4 is 23.2 Å². The van der Waals surface area contributed by atoms with Crippen molar-refractivity contribution in [3.8, 4) is 11.8 Å². The third kappa shape index (κ3) is 7.39. The SMILES string of the molecule is N#CC(CCCNC(=O)c1ccccc1O)C1CCC(CCN2CCN(c3cccc(Cl)c3F)CC2)CC1. The fourth-order valence-electron chi connectivity index (χ4n) is 5.88. The Morgan fingerprint density at radius 1 is 1.11 bits per heavy atom. The molecule has 2 aliphatic rings. The van der Waals surface area contributed by atoms with Gasteiger partial charge >= 0.3 is 0 Å². The molecular weight excluding hydrogens is 503 g/mol. The first-order chi connectivity index (χ1) is 18.5. The maximum atomic E-state index is 14.4. The summed E-state index contributed by atoms with van der Waals surface area (Å²) in [5.74, 6) is 0.528. The van der Waals surface area contributed by atoms with Gasteiger partial charge in [0, 0.05) is 38.6 Å². The molecule has 4 rings (SSSR count). The minimum absolute atomic E-state index is 0.0214. The Hall–Kier alpha value is -2.82. The van der Waals surface area contributed by atoms with Gasteiger partial charge in [0.05, 0.1) is 22.3 Å². The highest BCUT2D eigenvalue weighted by atomic mass is 35.5. The van der Waals surface area contributed by atoms with Gasteiger partial charge in [0.15, 0.2) is 5.82 Å². The number of halogens is 2. The van der Waals surface area contributed by atoms with Gasteiger partial charge in [-0.2, -0.15) is 5.26 Å². The highest BCUT2D eigenvalue weighted by Crippen LogP contribution is 2.36. The van der Waals surface area contributed by atoms with Gasteiger partial charge in [-0.3, -0.25) is 9.69 Å². The highest BCUT2D eigenvalue weighted by molar-refractivity contribution is 6.31. The van der Waals surface area contributed by atoms with Crippen LogP contribution in [0.2, 0.25) is 5.02 Å². The van der Waals surface area contributed by atoms with Crippen LogP contribution < -0.4 is 10.2 Å². The highest BCUT2D eigenvalue weighted by Gasteiger charge is 2.28. The van der Waals surface area contributed by atoms with Crippen LogP contribution in [0.3, 0.4) is 0 Å². The van der Waals surface area contributed by atoms with E-state index < -0.39 is 0 Å². The number of benzene rings is 2. The molecule has 1 unspecified atom stereocenters. The summed E-state index contributed by atoms with van der Waals surface area (Å²) in [7, 11) is 0. The Morgan fingerprint density at radius 2 is 1.84 bits per heavy atom. The monoisotopic (exact) mass is 540 g/mol. The number of rotatable bonds is 10. The summed E-state index contributed by atoms with van der Waals surface area (Å²) in [6.45, 7) is 5.04. The van der Waals surface area contributed by atoms with E-state index >= 15 is 0 Å². The molecule has 0 bridgehead atoms. The van der Waals surface area contributed by atoms with Crippen LogP contribution in [0.5, 0.6) is 5.75 Å². The summed E-state index contributed by atoms with van der Waals surface area (Å²) in [4.78, 5) is 16.8. The van der Waals surface area contributed by atoms with E-state index in [1.165, 1.54) is 25.3 Å². The van der Waals surface area contributed by atoms with E-state index in [-0.39, 0.29) is 34.0 Å².